The zero-order valence-corrected chi connectivity index (χ0v) is 18.4. The van der Waals surface area contributed by atoms with E-state index in [1.807, 2.05) is 37.3 Å². The largest absolute Gasteiger partial charge is 0.457 e. The Labute approximate surface area is 189 Å². The summed E-state index contributed by atoms with van der Waals surface area (Å²) < 4.78 is 5.55. The summed E-state index contributed by atoms with van der Waals surface area (Å²) in [6.07, 6.45) is 0.579. The number of rotatable bonds is 6. The lowest BCUT2D eigenvalue weighted by atomic mass is 9.93. The molecular weight excluding hydrogens is 430 g/mol. The Morgan fingerprint density at radius 2 is 1.88 bits per heavy atom. The minimum absolute atomic E-state index is 0.0386. The Morgan fingerprint density at radius 3 is 2.56 bits per heavy atom. The van der Waals surface area contributed by atoms with Crippen LogP contribution in [0.2, 0.25) is 0 Å². The molecule has 0 saturated carbocycles. The molecule has 1 fully saturated rings. The van der Waals surface area contributed by atoms with Gasteiger partial charge in [-0.2, -0.15) is 0 Å². The first-order valence-corrected chi connectivity index (χ1v) is 11.0. The van der Waals surface area contributed by atoms with Crippen LogP contribution in [0.15, 0.2) is 70.9 Å². The van der Waals surface area contributed by atoms with Gasteiger partial charge in [0.1, 0.15) is 12.6 Å². The maximum Gasteiger partial charge on any atom is 0.338 e. The Kier molecular flexibility index (Phi) is 6.09. The molecule has 2 unspecified atom stereocenters. The summed E-state index contributed by atoms with van der Waals surface area (Å²) in [5.74, 6) is -0.879. The lowest BCUT2D eigenvalue weighted by Gasteiger charge is -2.32. The number of fused-ring (bicyclic) bond motifs is 1. The third kappa shape index (κ3) is 3.91. The van der Waals surface area contributed by atoms with Crippen molar-refractivity contribution in [3.8, 4) is 0 Å². The van der Waals surface area contributed by atoms with Crippen molar-refractivity contribution in [1.82, 2.24) is 4.90 Å². The van der Waals surface area contributed by atoms with E-state index in [9.17, 15) is 19.7 Å². The van der Waals surface area contributed by atoms with Gasteiger partial charge in [0.2, 0.25) is 5.91 Å². The Balaban J connectivity index is 1.78. The number of carbonyl (C=O) groups is 2. The second kappa shape index (κ2) is 8.96. The van der Waals surface area contributed by atoms with E-state index in [1.165, 1.54) is 22.7 Å². The molecule has 2 atom stereocenters. The number of aliphatic imine (C=N–C) groups is 1. The molecule has 1 saturated heterocycles. The fourth-order valence-corrected chi connectivity index (χ4v) is 4.96. The minimum Gasteiger partial charge on any atom is -0.457 e. The number of nitrogens with zero attached hydrogens (tertiary/aromatic N) is 3. The molecule has 2 heterocycles. The second-order valence-corrected chi connectivity index (χ2v) is 8.57. The van der Waals surface area contributed by atoms with Gasteiger partial charge in [-0.15, -0.1) is 0 Å². The number of nitro groups is 1. The van der Waals surface area contributed by atoms with Crippen molar-refractivity contribution in [3.05, 3.63) is 87.1 Å². The van der Waals surface area contributed by atoms with Gasteiger partial charge in [-0.05, 0) is 25.0 Å². The van der Waals surface area contributed by atoms with Gasteiger partial charge in [-0.1, -0.05) is 61.2 Å². The van der Waals surface area contributed by atoms with E-state index in [2.05, 4.69) is 4.99 Å². The van der Waals surface area contributed by atoms with Gasteiger partial charge in [0.15, 0.2) is 5.17 Å². The summed E-state index contributed by atoms with van der Waals surface area (Å²) in [7, 11) is 0. The molecule has 4 rings (SSSR count). The number of benzene rings is 2. The SMILES string of the molecule is CCC1SC2=NC(C)=C(C(=O)OCc3ccccc3)C(c3ccccc3[N+](=O)[O-])N2C1=O. The molecular formula is C23H21N3O5S. The molecule has 1 amide bonds. The van der Waals surface area contributed by atoms with Gasteiger partial charge >= 0.3 is 5.97 Å². The highest BCUT2D eigenvalue weighted by Crippen LogP contribution is 2.46. The maximum absolute atomic E-state index is 13.2. The lowest BCUT2D eigenvalue weighted by molar-refractivity contribution is -0.385. The Morgan fingerprint density at radius 1 is 1.19 bits per heavy atom. The van der Waals surface area contributed by atoms with E-state index in [1.54, 1.807) is 25.1 Å². The quantitative estimate of drug-likeness (QED) is 0.367. The maximum atomic E-state index is 13.2. The van der Waals surface area contributed by atoms with Crippen LogP contribution in [0.1, 0.15) is 37.4 Å². The van der Waals surface area contributed by atoms with E-state index in [4.69, 9.17) is 4.74 Å². The average molecular weight is 452 g/mol. The molecule has 32 heavy (non-hydrogen) atoms. The zero-order chi connectivity index (χ0) is 22.8. The number of amidine groups is 1. The highest BCUT2D eigenvalue weighted by molar-refractivity contribution is 8.15. The number of para-hydroxylation sites is 1. The third-order valence-corrected chi connectivity index (χ3v) is 6.70. The number of hydrogen-bond acceptors (Lipinski definition) is 7. The average Bonchev–Trinajstić information content (AvgIpc) is 3.12. The van der Waals surface area contributed by atoms with Crippen LogP contribution < -0.4 is 0 Å². The Bertz CT molecular complexity index is 1150. The standard InChI is InChI=1S/C23H21N3O5S/c1-3-18-21(27)25-20(16-11-7-8-12-17(16)26(29)30)19(14(2)24-23(25)32-18)22(28)31-13-15-9-5-4-6-10-15/h4-12,18,20H,3,13H2,1-2H3. The summed E-state index contributed by atoms with van der Waals surface area (Å²) in [5, 5.41) is 11.9. The number of hydrogen-bond donors (Lipinski definition) is 0. The third-order valence-electron chi connectivity index (χ3n) is 5.38. The highest BCUT2D eigenvalue weighted by atomic mass is 32.2. The fraction of sp³-hybridized carbons (Fsp3) is 0.261. The van der Waals surface area contributed by atoms with Gasteiger partial charge in [0.05, 0.1) is 27.0 Å². The monoisotopic (exact) mass is 451 g/mol. The number of amides is 1. The van der Waals surface area contributed by atoms with Crippen molar-refractivity contribution in [3.63, 3.8) is 0 Å². The molecule has 0 N–H and O–H groups in total. The molecule has 2 aromatic carbocycles. The number of carbonyl (C=O) groups excluding carboxylic acids is 2. The Hall–Kier alpha value is -3.46. The molecule has 164 valence electrons. The van der Waals surface area contributed by atoms with E-state index >= 15 is 0 Å². The molecule has 0 radical (unpaired) electrons. The van der Waals surface area contributed by atoms with Crippen LogP contribution >= 0.6 is 11.8 Å². The summed E-state index contributed by atoms with van der Waals surface area (Å²) >= 11 is 1.31. The topological polar surface area (TPSA) is 102 Å². The molecule has 0 spiro atoms. The summed E-state index contributed by atoms with van der Waals surface area (Å²) in [6.45, 7) is 3.59. The predicted octanol–water partition coefficient (Wildman–Crippen LogP) is 4.38. The normalized spacial score (nSPS) is 20.1. The molecule has 2 aliphatic heterocycles. The van der Waals surface area contributed by atoms with Crippen LogP contribution in [0.3, 0.4) is 0 Å². The summed E-state index contributed by atoms with van der Waals surface area (Å²) in [4.78, 5) is 43.6. The molecule has 2 aromatic rings. The van der Waals surface area contributed by atoms with Gasteiger partial charge in [0.25, 0.3) is 5.69 Å². The van der Waals surface area contributed by atoms with Crippen LogP contribution in [0.5, 0.6) is 0 Å². The number of ether oxygens (including phenoxy) is 1. The van der Waals surface area contributed by atoms with Gasteiger partial charge in [-0.25, -0.2) is 9.79 Å². The van der Waals surface area contributed by atoms with Gasteiger partial charge in [-0.3, -0.25) is 19.8 Å². The lowest BCUT2D eigenvalue weighted by Crippen LogP contribution is -2.41. The first-order chi connectivity index (χ1) is 15.4. The van der Waals surface area contributed by atoms with Gasteiger partial charge in [0, 0.05) is 6.07 Å². The molecule has 0 aliphatic carbocycles. The fourth-order valence-electron chi connectivity index (χ4n) is 3.83. The van der Waals surface area contributed by atoms with Crippen LogP contribution in [-0.2, 0) is 20.9 Å². The van der Waals surface area contributed by atoms with Crippen molar-refractivity contribution in [2.45, 2.75) is 38.2 Å². The van der Waals surface area contributed by atoms with Crippen molar-refractivity contribution in [2.24, 2.45) is 4.99 Å². The highest BCUT2D eigenvalue weighted by Gasteiger charge is 2.48. The molecule has 9 heteroatoms. The number of esters is 1. The van der Waals surface area contributed by atoms with E-state index < -0.39 is 16.9 Å². The molecule has 0 aromatic heterocycles. The van der Waals surface area contributed by atoms with Crippen molar-refractivity contribution in [1.29, 1.82) is 0 Å². The summed E-state index contributed by atoms with van der Waals surface area (Å²) in [6, 6.07) is 14.4. The van der Waals surface area contributed by atoms with Crippen molar-refractivity contribution < 1.29 is 19.2 Å². The zero-order valence-electron chi connectivity index (χ0n) is 17.6. The molecule has 8 nitrogen and oxygen atoms in total. The van der Waals surface area contributed by atoms with Gasteiger partial charge < -0.3 is 4.74 Å². The summed E-state index contributed by atoms with van der Waals surface area (Å²) in [5.41, 5.74) is 1.40. The first-order valence-electron chi connectivity index (χ1n) is 10.2. The van der Waals surface area contributed by atoms with Crippen molar-refractivity contribution >= 4 is 34.5 Å². The second-order valence-electron chi connectivity index (χ2n) is 7.40. The first kappa shape index (κ1) is 21.8. The van der Waals surface area contributed by atoms with E-state index in [0.717, 1.165) is 5.56 Å². The number of nitro benzene ring substituents is 1. The van der Waals surface area contributed by atoms with Crippen LogP contribution in [0, 0.1) is 10.1 Å². The number of thioether (sulfide) groups is 1. The van der Waals surface area contributed by atoms with Crippen LogP contribution in [0.25, 0.3) is 0 Å². The smallest absolute Gasteiger partial charge is 0.338 e. The molecule has 0 bridgehead atoms. The predicted molar refractivity (Wildman–Crippen MR) is 121 cm³/mol. The van der Waals surface area contributed by atoms with Crippen LogP contribution in [-0.4, -0.2) is 32.1 Å². The van der Waals surface area contributed by atoms with E-state index in [0.29, 0.717) is 17.3 Å². The number of allylic oxidation sites excluding steroid dienone is 1. The molecule has 2 aliphatic rings. The van der Waals surface area contributed by atoms with Crippen LogP contribution in [0.4, 0.5) is 5.69 Å². The van der Waals surface area contributed by atoms with Crippen molar-refractivity contribution in [2.75, 3.05) is 0 Å². The minimum atomic E-state index is -0.982. The van der Waals surface area contributed by atoms with E-state index in [-0.39, 0.29) is 34.6 Å².